The molecule has 0 fully saturated rings. The van der Waals surface area contributed by atoms with E-state index >= 15 is 0 Å². The number of fused-ring (bicyclic) bond motifs is 1. The highest BCUT2D eigenvalue weighted by Gasteiger charge is 2.13. The van der Waals surface area contributed by atoms with Gasteiger partial charge in [-0.05, 0) is 46.5 Å². The minimum atomic E-state index is -0.969. The van der Waals surface area contributed by atoms with Crippen molar-refractivity contribution in [3.8, 4) is 5.69 Å². The van der Waals surface area contributed by atoms with Crippen LogP contribution >= 0.6 is 27.7 Å². The Labute approximate surface area is 152 Å². The number of benzene rings is 2. The molecule has 0 saturated heterocycles. The number of rotatable bonds is 3. The van der Waals surface area contributed by atoms with Gasteiger partial charge in [-0.3, -0.25) is 4.98 Å². The molecule has 0 unspecified atom stereocenters. The molecule has 0 aliphatic rings. The largest absolute Gasteiger partial charge is 0.252 e. The molecule has 4 aromatic rings. The van der Waals surface area contributed by atoms with Crippen LogP contribution < -0.4 is 0 Å². The summed E-state index contributed by atoms with van der Waals surface area (Å²) in [6.07, 6.45) is 1.46. The monoisotopic (exact) mass is 420 g/mol. The first-order valence-corrected chi connectivity index (χ1v) is 8.55. The van der Waals surface area contributed by atoms with Crippen molar-refractivity contribution < 1.29 is 8.78 Å². The van der Waals surface area contributed by atoms with Crippen LogP contribution in [0.25, 0.3) is 16.7 Å². The van der Waals surface area contributed by atoms with Crippen LogP contribution in [0.2, 0.25) is 0 Å². The van der Waals surface area contributed by atoms with Crippen LogP contribution in [0.4, 0.5) is 8.78 Å². The number of hydrogen-bond donors (Lipinski definition) is 0. The van der Waals surface area contributed by atoms with Crippen molar-refractivity contribution in [2.24, 2.45) is 0 Å². The molecule has 0 saturated carbocycles. The topological polar surface area (TPSA) is 69.4 Å². The van der Waals surface area contributed by atoms with Crippen LogP contribution in [0.1, 0.15) is 0 Å². The van der Waals surface area contributed by atoms with Gasteiger partial charge in [-0.15, -0.1) is 5.10 Å². The Bertz CT molecular complexity index is 1070. The summed E-state index contributed by atoms with van der Waals surface area (Å²) in [6, 6.07) is 9.48. The Hall–Kier alpha value is -2.46. The highest BCUT2D eigenvalue weighted by atomic mass is 79.9. The van der Waals surface area contributed by atoms with E-state index in [1.54, 1.807) is 4.68 Å². The molecule has 124 valence electrons. The summed E-state index contributed by atoms with van der Waals surface area (Å²) in [5.74, 6) is -1.93. The second-order valence-corrected chi connectivity index (χ2v) is 6.82. The highest BCUT2D eigenvalue weighted by molar-refractivity contribution is 9.10. The van der Waals surface area contributed by atoms with Crippen molar-refractivity contribution in [2.45, 2.75) is 10.2 Å². The number of halogens is 3. The van der Waals surface area contributed by atoms with Crippen LogP contribution in [0, 0.1) is 11.6 Å². The average Bonchev–Trinajstić information content (AvgIpc) is 3.05. The van der Waals surface area contributed by atoms with Crippen LogP contribution in [0.3, 0.4) is 0 Å². The van der Waals surface area contributed by atoms with Gasteiger partial charge in [-0.2, -0.15) is 4.68 Å². The van der Waals surface area contributed by atoms with Gasteiger partial charge in [0.2, 0.25) is 5.16 Å². The summed E-state index contributed by atoms with van der Waals surface area (Å²) < 4.78 is 29.1. The Balaban J connectivity index is 1.69. The Morgan fingerprint density at radius 1 is 1.00 bits per heavy atom. The first-order valence-electron chi connectivity index (χ1n) is 6.94. The van der Waals surface area contributed by atoms with Crippen LogP contribution in [0.5, 0.6) is 0 Å². The minimum absolute atomic E-state index is 0.256. The molecule has 2 aromatic heterocycles. The molecule has 0 bridgehead atoms. The van der Waals surface area contributed by atoms with Crippen molar-refractivity contribution in [3.05, 3.63) is 58.7 Å². The van der Waals surface area contributed by atoms with Crippen molar-refractivity contribution in [1.29, 1.82) is 0 Å². The van der Waals surface area contributed by atoms with Gasteiger partial charge in [-0.25, -0.2) is 13.8 Å². The van der Waals surface area contributed by atoms with E-state index in [1.165, 1.54) is 18.0 Å². The molecule has 2 heterocycles. The quantitative estimate of drug-likeness (QED) is 0.502. The predicted molar refractivity (Wildman–Crippen MR) is 90.4 cm³/mol. The van der Waals surface area contributed by atoms with Crippen LogP contribution in [0.15, 0.2) is 57.3 Å². The summed E-state index contributed by atoms with van der Waals surface area (Å²) in [5.41, 5.74) is 1.31. The number of nitrogens with zero attached hydrogens (tertiary/aromatic N) is 6. The molecule has 0 amide bonds. The summed E-state index contributed by atoms with van der Waals surface area (Å²) in [4.78, 5) is 8.38. The van der Waals surface area contributed by atoms with E-state index in [0.29, 0.717) is 10.2 Å². The predicted octanol–water partition coefficient (Wildman–Crippen LogP) is 3.80. The van der Waals surface area contributed by atoms with E-state index in [1.807, 2.05) is 24.3 Å². The smallest absolute Gasteiger partial charge is 0.220 e. The zero-order chi connectivity index (χ0) is 17.4. The van der Waals surface area contributed by atoms with E-state index in [2.05, 4.69) is 41.4 Å². The van der Waals surface area contributed by atoms with Gasteiger partial charge in [0, 0.05) is 16.6 Å². The van der Waals surface area contributed by atoms with Gasteiger partial charge >= 0.3 is 0 Å². The maximum atomic E-state index is 13.4. The molecule has 0 atom stereocenters. The lowest BCUT2D eigenvalue weighted by Gasteiger charge is -2.05. The lowest BCUT2D eigenvalue weighted by molar-refractivity contribution is 0.510. The van der Waals surface area contributed by atoms with Gasteiger partial charge in [0.15, 0.2) is 11.6 Å². The SMILES string of the molecule is Fc1cc2ncc(Sc3nnnn3-c3ccc(Br)cc3)nc2cc1F. The summed E-state index contributed by atoms with van der Waals surface area (Å²) in [5, 5.41) is 12.5. The highest BCUT2D eigenvalue weighted by Crippen LogP contribution is 2.27. The molecule has 0 spiro atoms. The van der Waals surface area contributed by atoms with Gasteiger partial charge < -0.3 is 0 Å². The standard InChI is InChI=1S/C15H7BrF2N6S/c16-8-1-3-9(4-2-8)24-15(21-22-23-24)25-14-7-19-12-5-10(17)11(18)6-13(12)20-14/h1-7H. The molecule has 0 radical (unpaired) electrons. The minimum Gasteiger partial charge on any atom is -0.252 e. The van der Waals surface area contributed by atoms with E-state index in [9.17, 15) is 8.78 Å². The summed E-state index contributed by atoms with van der Waals surface area (Å²) in [7, 11) is 0. The average molecular weight is 421 g/mol. The molecule has 0 aliphatic carbocycles. The van der Waals surface area contributed by atoms with E-state index in [-0.39, 0.29) is 11.0 Å². The fourth-order valence-corrected chi connectivity index (χ4v) is 3.13. The molecule has 0 aliphatic heterocycles. The summed E-state index contributed by atoms with van der Waals surface area (Å²) in [6.45, 7) is 0. The number of aromatic nitrogens is 6. The normalized spacial score (nSPS) is 11.2. The van der Waals surface area contributed by atoms with Gasteiger partial charge in [0.05, 0.1) is 22.9 Å². The molecule has 4 rings (SSSR count). The lowest BCUT2D eigenvalue weighted by Crippen LogP contribution is -1.99. The van der Waals surface area contributed by atoms with Crippen LogP contribution in [-0.4, -0.2) is 30.2 Å². The Morgan fingerprint density at radius 2 is 1.72 bits per heavy atom. The van der Waals surface area contributed by atoms with Crippen LogP contribution in [-0.2, 0) is 0 Å². The third-order valence-corrected chi connectivity index (χ3v) is 4.64. The fraction of sp³-hybridized carbons (Fsp3) is 0. The first kappa shape index (κ1) is 16.0. The van der Waals surface area contributed by atoms with E-state index in [4.69, 9.17) is 0 Å². The zero-order valence-corrected chi connectivity index (χ0v) is 14.7. The summed E-state index contributed by atoms with van der Waals surface area (Å²) >= 11 is 4.54. The molecule has 25 heavy (non-hydrogen) atoms. The van der Waals surface area contributed by atoms with Crippen molar-refractivity contribution in [2.75, 3.05) is 0 Å². The molecular weight excluding hydrogens is 414 g/mol. The van der Waals surface area contributed by atoms with E-state index < -0.39 is 11.6 Å². The Kier molecular flexibility index (Phi) is 4.14. The van der Waals surface area contributed by atoms with Gasteiger partial charge in [0.25, 0.3) is 0 Å². The molecule has 6 nitrogen and oxygen atoms in total. The fourth-order valence-electron chi connectivity index (χ4n) is 2.12. The molecule has 0 N–H and O–H groups in total. The maximum absolute atomic E-state index is 13.4. The van der Waals surface area contributed by atoms with Gasteiger partial charge in [-0.1, -0.05) is 15.9 Å². The first-order chi connectivity index (χ1) is 12.1. The zero-order valence-electron chi connectivity index (χ0n) is 12.3. The number of tetrazole rings is 1. The lowest BCUT2D eigenvalue weighted by atomic mass is 10.3. The molecule has 2 aromatic carbocycles. The van der Waals surface area contributed by atoms with Gasteiger partial charge in [0.1, 0.15) is 5.03 Å². The van der Waals surface area contributed by atoms with Crippen molar-refractivity contribution in [1.82, 2.24) is 30.2 Å². The van der Waals surface area contributed by atoms with Crippen molar-refractivity contribution >= 4 is 38.7 Å². The second kappa shape index (κ2) is 6.45. The van der Waals surface area contributed by atoms with E-state index in [0.717, 1.165) is 22.3 Å². The maximum Gasteiger partial charge on any atom is 0.220 e. The third-order valence-electron chi connectivity index (χ3n) is 3.27. The second-order valence-electron chi connectivity index (χ2n) is 4.92. The molecular formula is C15H7BrF2N6S. The van der Waals surface area contributed by atoms with Crippen molar-refractivity contribution in [3.63, 3.8) is 0 Å². The Morgan fingerprint density at radius 3 is 2.48 bits per heavy atom. The number of hydrogen-bond acceptors (Lipinski definition) is 6. The molecule has 10 heteroatoms. The third kappa shape index (κ3) is 3.22.